The molecule has 14 heteroatoms. The Hall–Kier alpha value is -2.09. The van der Waals surface area contributed by atoms with Crippen LogP contribution in [0.15, 0.2) is 34.6 Å². The number of nitrogens with one attached hydrogen (secondary N) is 1. The van der Waals surface area contributed by atoms with Crippen molar-refractivity contribution in [2.24, 2.45) is 7.05 Å². The first-order valence-electron chi connectivity index (χ1n) is 9.33. The molecule has 0 bridgehead atoms. The van der Waals surface area contributed by atoms with Crippen LogP contribution in [-0.2, 0) is 31.7 Å². The molecule has 3 rings (SSSR count). The number of carbonyl (C=O) groups is 1. The van der Waals surface area contributed by atoms with Crippen molar-refractivity contribution in [1.82, 2.24) is 24.4 Å². The summed E-state index contributed by atoms with van der Waals surface area (Å²) >= 11 is 5.61. The highest BCUT2D eigenvalue weighted by Gasteiger charge is 2.35. The summed E-state index contributed by atoms with van der Waals surface area (Å²) in [5.74, 6) is -1.03. The van der Waals surface area contributed by atoms with Gasteiger partial charge in [0.1, 0.15) is 12.1 Å². The fourth-order valence-electron chi connectivity index (χ4n) is 3.27. The molecule has 0 radical (unpaired) electrons. The number of sulfone groups is 1. The van der Waals surface area contributed by atoms with Crippen LogP contribution in [-0.4, -0.2) is 67.3 Å². The van der Waals surface area contributed by atoms with Crippen LogP contribution in [0.4, 0.5) is 4.39 Å². The molecule has 2 aromatic rings. The van der Waals surface area contributed by atoms with E-state index in [1.165, 1.54) is 15.8 Å². The minimum absolute atomic E-state index is 0.102. The van der Waals surface area contributed by atoms with E-state index in [1.807, 2.05) is 0 Å². The van der Waals surface area contributed by atoms with Crippen LogP contribution in [0, 0.1) is 5.82 Å². The molecular formula is C17H21ClFN5O5S2. The van der Waals surface area contributed by atoms with Gasteiger partial charge in [0.25, 0.3) is 0 Å². The molecule has 1 N–H and O–H groups in total. The molecule has 1 aliphatic heterocycles. The maximum Gasteiger partial charge on any atom is 0.249 e. The molecule has 2 heterocycles. The molecule has 1 aromatic heterocycles. The van der Waals surface area contributed by atoms with Gasteiger partial charge in [0.05, 0.1) is 15.2 Å². The molecule has 1 saturated heterocycles. The average Bonchev–Trinajstić information content (AvgIpc) is 3.16. The maximum absolute atomic E-state index is 13.2. The first kappa shape index (κ1) is 23.6. The summed E-state index contributed by atoms with van der Waals surface area (Å²) in [6.45, 7) is 0.315. The quantitative estimate of drug-likeness (QED) is 0.601. The van der Waals surface area contributed by atoms with Crippen molar-refractivity contribution in [2.75, 3.05) is 19.6 Å². The normalized spacial score (nSPS) is 15.9. The van der Waals surface area contributed by atoms with Crippen molar-refractivity contribution in [3.8, 4) is 0 Å². The molecule has 170 valence electrons. The number of hydrogen-bond acceptors (Lipinski definition) is 7. The summed E-state index contributed by atoms with van der Waals surface area (Å²) in [4.78, 5) is 13.7. The monoisotopic (exact) mass is 493 g/mol. The fourth-order valence-corrected chi connectivity index (χ4v) is 6.31. The molecule has 1 amide bonds. The Morgan fingerprint density at radius 3 is 2.52 bits per heavy atom. The van der Waals surface area contributed by atoms with Crippen molar-refractivity contribution < 1.29 is 26.0 Å². The molecule has 31 heavy (non-hydrogen) atoms. The highest BCUT2D eigenvalue weighted by molar-refractivity contribution is 7.91. The topological polar surface area (TPSA) is 131 Å². The second-order valence-electron chi connectivity index (χ2n) is 7.07. The Kier molecular flexibility index (Phi) is 6.98. The third kappa shape index (κ3) is 5.22. The van der Waals surface area contributed by atoms with E-state index < -0.39 is 30.9 Å². The van der Waals surface area contributed by atoms with E-state index >= 15 is 0 Å². The number of piperidine rings is 1. The Morgan fingerprint density at radius 1 is 1.26 bits per heavy atom. The third-order valence-electron chi connectivity index (χ3n) is 4.99. The van der Waals surface area contributed by atoms with Crippen LogP contribution in [0.25, 0.3) is 0 Å². The zero-order valence-electron chi connectivity index (χ0n) is 16.5. The predicted octanol–water partition coefficient (Wildman–Crippen LogP) is 0.741. The molecule has 1 aromatic carbocycles. The molecule has 0 saturated carbocycles. The summed E-state index contributed by atoms with van der Waals surface area (Å²) in [5, 5.41) is 6.17. The highest BCUT2D eigenvalue weighted by atomic mass is 35.5. The molecule has 1 fully saturated rings. The van der Waals surface area contributed by atoms with E-state index in [0.29, 0.717) is 0 Å². The number of sulfonamides is 1. The lowest BCUT2D eigenvalue weighted by atomic mass is 10.1. The summed E-state index contributed by atoms with van der Waals surface area (Å²) in [5.41, 5.74) is 0. The van der Waals surface area contributed by atoms with Gasteiger partial charge in [-0.3, -0.25) is 4.79 Å². The summed E-state index contributed by atoms with van der Waals surface area (Å²) in [6, 6.07) is 3.01. The lowest BCUT2D eigenvalue weighted by molar-refractivity contribution is -0.131. The largest absolute Gasteiger partial charge is 0.343 e. The number of likely N-dealkylation sites (tertiary alicyclic amines) is 1. The predicted molar refractivity (Wildman–Crippen MR) is 109 cm³/mol. The molecule has 1 aliphatic rings. The Morgan fingerprint density at radius 2 is 1.94 bits per heavy atom. The fraction of sp³-hybridized carbons (Fsp3) is 0.471. The first-order valence-corrected chi connectivity index (χ1v) is 12.7. The van der Waals surface area contributed by atoms with Crippen molar-refractivity contribution in [3.63, 3.8) is 0 Å². The van der Waals surface area contributed by atoms with Crippen LogP contribution in [0.3, 0.4) is 0 Å². The van der Waals surface area contributed by atoms with Gasteiger partial charge in [-0.25, -0.2) is 25.9 Å². The van der Waals surface area contributed by atoms with E-state index in [1.54, 1.807) is 7.05 Å². The van der Waals surface area contributed by atoms with Gasteiger partial charge >= 0.3 is 0 Å². The summed E-state index contributed by atoms with van der Waals surface area (Å²) in [7, 11) is -6.05. The number of benzene rings is 1. The Bertz CT molecular complexity index is 1180. The lowest BCUT2D eigenvalue weighted by Gasteiger charge is -2.31. The first-order chi connectivity index (χ1) is 14.5. The maximum atomic E-state index is 13.2. The summed E-state index contributed by atoms with van der Waals surface area (Å²) in [6.07, 6.45) is 1.71. The van der Waals surface area contributed by atoms with Gasteiger partial charge in [-0.05, 0) is 31.0 Å². The molecule has 0 unspecified atom stereocenters. The van der Waals surface area contributed by atoms with E-state index in [4.69, 9.17) is 11.6 Å². The second-order valence-corrected chi connectivity index (χ2v) is 11.4. The van der Waals surface area contributed by atoms with Crippen LogP contribution < -0.4 is 4.72 Å². The number of amides is 1. The van der Waals surface area contributed by atoms with Gasteiger partial charge in [0.2, 0.25) is 30.9 Å². The Balaban J connectivity index is 1.51. The zero-order chi connectivity index (χ0) is 22.8. The Labute approximate surface area is 184 Å². The van der Waals surface area contributed by atoms with Crippen LogP contribution in [0.5, 0.6) is 0 Å². The van der Waals surface area contributed by atoms with E-state index in [0.717, 1.165) is 18.2 Å². The highest BCUT2D eigenvalue weighted by Crippen LogP contribution is 2.23. The summed E-state index contributed by atoms with van der Waals surface area (Å²) < 4.78 is 66.7. The van der Waals surface area contributed by atoms with Crippen molar-refractivity contribution in [2.45, 2.75) is 34.6 Å². The lowest BCUT2D eigenvalue weighted by Crippen LogP contribution is -2.43. The number of hydrogen-bond donors (Lipinski definition) is 1. The van der Waals surface area contributed by atoms with Gasteiger partial charge in [0.15, 0.2) is 0 Å². The van der Waals surface area contributed by atoms with Gasteiger partial charge in [-0.15, -0.1) is 10.2 Å². The standard InChI is InChI=1S/C17H21ClFN5O5S2/c1-23-11-20-22-17(23)30(26,27)12-5-8-24(9-6-12)16(25)4-7-21-31(28,29)13-2-3-15(19)14(18)10-13/h2-3,10-12,21H,4-9H2,1H3. The minimum atomic E-state index is -3.95. The second kappa shape index (κ2) is 9.18. The van der Waals surface area contributed by atoms with Gasteiger partial charge in [-0.2, -0.15) is 0 Å². The molecule has 0 spiro atoms. The molecular weight excluding hydrogens is 473 g/mol. The number of nitrogens with zero attached hydrogens (tertiary/aromatic N) is 4. The number of aromatic nitrogens is 3. The van der Waals surface area contributed by atoms with E-state index in [2.05, 4.69) is 14.9 Å². The average molecular weight is 494 g/mol. The third-order valence-corrected chi connectivity index (χ3v) is 8.97. The number of halogens is 2. The van der Waals surface area contributed by atoms with Gasteiger partial charge in [-0.1, -0.05) is 11.6 Å². The number of aryl methyl sites for hydroxylation is 1. The minimum Gasteiger partial charge on any atom is -0.343 e. The number of rotatable bonds is 7. The van der Waals surface area contributed by atoms with Gasteiger partial charge in [0, 0.05) is 33.1 Å². The number of carbonyl (C=O) groups excluding carboxylic acids is 1. The zero-order valence-corrected chi connectivity index (χ0v) is 18.9. The van der Waals surface area contributed by atoms with Crippen LogP contribution >= 0.6 is 11.6 Å². The van der Waals surface area contributed by atoms with Crippen molar-refractivity contribution in [1.29, 1.82) is 0 Å². The van der Waals surface area contributed by atoms with Crippen LogP contribution in [0.2, 0.25) is 5.02 Å². The molecule has 0 aliphatic carbocycles. The SMILES string of the molecule is Cn1cnnc1S(=O)(=O)C1CCN(C(=O)CCNS(=O)(=O)c2ccc(F)c(Cl)c2)CC1. The van der Waals surface area contributed by atoms with E-state index in [-0.39, 0.29) is 59.9 Å². The smallest absolute Gasteiger partial charge is 0.249 e. The van der Waals surface area contributed by atoms with E-state index in [9.17, 15) is 26.0 Å². The molecule has 0 atom stereocenters. The molecule has 10 nitrogen and oxygen atoms in total. The van der Waals surface area contributed by atoms with Crippen molar-refractivity contribution >= 4 is 37.4 Å². The van der Waals surface area contributed by atoms with Crippen molar-refractivity contribution in [3.05, 3.63) is 35.4 Å². The van der Waals surface area contributed by atoms with Crippen LogP contribution in [0.1, 0.15) is 19.3 Å². The van der Waals surface area contributed by atoms with Gasteiger partial charge < -0.3 is 9.47 Å².